The summed E-state index contributed by atoms with van der Waals surface area (Å²) in [5.41, 5.74) is 1.45. The van der Waals surface area contributed by atoms with E-state index in [0.29, 0.717) is 21.1 Å². The van der Waals surface area contributed by atoms with Crippen molar-refractivity contribution < 1.29 is 13.6 Å². The topological polar surface area (TPSA) is 85.6 Å². The van der Waals surface area contributed by atoms with Crippen molar-refractivity contribution in [1.29, 1.82) is 0 Å². The van der Waals surface area contributed by atoms with Crippen LogP contribution in [0, 0.1) is 11.6 Å². The standard InChI is InChI=1S/C19H14F2N6OS2/c1-27-16(11-2-6-13(20)7-3-11)23-26-19(27)29-10-15(28)22-18-25-24-17(30-18)12-4-8-14(21)9-5-12/h2-9H,10H2,1H3,(H,22,25,28). The zero-order valence-corrected chi connectivity index (χ0v) is 17.2. The van der Waals surface area contributed by atoms with E-state index >= 15 is 0 Å². The summed E-state index contributed by atoms with van der Waals surface area (Å²) in [4.78, 5) is 12.3. The molecule has 11 heteroatoms. The summed E-state index contributed by atoms with van der Waals surface area (Å²) in [6.45, 7) is 0. The van der Waals surface area contributed by atoms with E-state index in [-0.39, 0.29) is 23.3 Å². The first kappa shape index (κ1) is 20.1. The molecule has 0 fully saturated rings. The van der Waals surface area contributed by atoms with Crippen molar-refractivity contribution in [3.63, 3.8) is 0 Å². The van der Waals surface area contributed by atoms with Crippen LogP contribution in [0.25, 0.3) is 22.0 Å². The maximum atomic E-state index is 13.1. The van der Waals surface area contributed by atoms with Crippen LogP contribution >= 0.6 is 23.1 Å². The number of hydrogen-bond donors (Lipinski definition) is 1. The van der Waals surface area contributed by atoms with Gasteiger partial charge in [0.25, 0.3) is 0 Å². The predicted octanol–water partition coefficient (Wildman–Crippen LogP) is 4.01. The molecule has 2 aromatic heterocycles. The highest BCUT2D eigenvalue weighted by atomic mass is 32.2. The van der Waals surface area contributed by atoms with Crippen molar-refractivity contribution in [3.8, 4) is 22.0 Å². The van der Waals surface area contributed by atoms with Crippen molar-refractivity contribution in [3.05, 3.63) is 60.2 Å². The fourth-order valence-electron chi connectivity index (χ4n) is 2.56. The van der Waals surface area contributed by atoms with Crippen LogP contribution in [0.4, 0.5) is 13.9 Å². The molecule has 0 aliphatic carbocycles. The molecule has 0 saturated heterocycles. The second-order valence-electron chi connectivity index (χ2n) is 6.13. The van der Waals surface area contributed by atoms with Gasteiger partial charge in [-0.3, -0.25) is 10.1 Å². The first-order valence-corrected chi connectivity index (χ1v) is 10.5. The number of halogens is 2. The minimum atomic E-state index is -0.333. The number of thioether (sulfide) groups is 1. The van der Waals surface area contributed by atoms with Gasteiger partial charge < -0.3 is 4.57 Å². The van der Waals surface area contributed by atoms with Crippen LogP contribution in [-0.4, -0.2) is 36.6 Å². The minimum absolute atomic E-state index is 0.0981. The number of anilines is 1. The molecular formula is C19H14F2N6OS2. The molecule has 4 rings (SSSR count). The molecule has 0 radical (unpaired) electrons. The normalized spacial score (nSPS) is 10.9. The number of benzene rings is 2. The van der Waals surface area contributed by atoms with E-state index in [4.69, 9.17) is 0 Å². The second kappa shape index (κ2) is 8.67. The van der Waals surface area contributed by atoms with Crippen molar-refractivity contribution in [2.45, 2.75) is 5.16 Å². The van der Waals surface area contributed by atoms with Gasteiger partial charge in [-0.15, -0.1) is 20.4 Å². The number of rotatable bonds is 6. The third-order valence-electron chi connectivity index (χ3n) is 4.03. The lowest BCUT2D eigenvalue weighted by molar-refractivity contribution is -0.113. The molecule has 0 aliphatic heterocycles. The first-order chi connectivity index (χ1) is 14.5. The van der Waals surface area contributed by atoms with Crippen LogP contribution in [0.3, 0.4) is 0 Å². The molecule has 30 heavy (non-hydrogen) atoms. The van der Waals surface area contributed by atoms with Gasteiger partial charge >= 0.3 is 0 Å². The molecule has 0 aliphatic rings. The summed E-state index contributed by atoms with van der Waals surface area (Å²) >= 11 is 2.41. The van der Waals surface area contributed by atoms with E-state index in [0.717, 1.165) is 11.1 Å². The Hall–Kier alpha value is -3.18. The largest absolute Gasteiger partial charge is 0.305 e. The number of aromatic nitrogens is 5. The highest BCUT2D eigenvalue weighted by Crippen LogP contribution is 2.27. The molecule has 1 amide bonds. The Morgan fingerprint density at radius 1 is 0.967 bits per heavy atom. The van der Waals surface area contributed by atoms with Crippen LogP contribution < -0.4 is 5.32 Å². The Morgan fingerprint density at radius 3 is 2.27 bits per heavy atom. The summed E-state index contributed by atoms with van der Waals surface area (Å²) in [5, 5.41) is 20.3. The summed E-state index contributed by atoms with van der Waals surface area (Å²) in [6.07, 6.45) is 0. The summed E-state index contributed by atoms with van der Waals surface area (Å²) in [6, 6.07) is 11.8. The Labute approximate surface area is 178 Å². The Balaban J connectivity index is 1.36. The predicted molar refractivity (Wildman–Crippen MR) is 111 cm³/mol. The van der Waals surface area contributed by atoms with Crippen molar-refractivity contribution in [2.75, 3.05) is 11.1 Å². The molecule has 2 heterocycles. The highest BCUT2D eigenvalue weighted by Gasteiger charge is 2.14. The van der Waals surface area contributed by atoms with Gasteiger partial charge in [-0.1, -0.05) is 23.1 Å². The SMILES string of the molecule is Cn1c(SCC(=O)Nc2nnc(-c3ccc(F)cc3)s2)nnc1-c1ccc(F)cc1. The smallest absolute Gasteiger partial charge is 0.236 e. The van der Waals surface area contributed by atoms with E-state index in [1.165, 1.54) is 47.4 Å². The van der Waals surface area contributed by atoms with Crippen LogP contribution in [0.5, 0.6) is 0 Å². The van der Waals surface area contributed by atoms with Gasteiger partial charge in [-0.25, -0.2) is 8.78 Å². The molecule has 4 aromatic rings. The summed E-state index contributed by atoms with van der Waals surface area (Å²) < 4.78 is 27.9. The van der Waals surface area contributed by atoms with Gasteiger partial charge in [-0.2, -0.15) is 0 Å². The monoisotopic (exact) mass is 444 g/mol. The average Bonchev–Trinajstić information content (AvgIpc) is 3.34. The number of nitrogens with one attached hydrogen (secondary N) is 1. The molecule has 0 saturated carbocycles. The van der Waals surface area contributed by atoms with Crippen LogP contribution in [0.1, 0.15) is 0 Å². The molecule has 0 spiro atoms. The molecule has 2 aromatic carbocycles. The van der Waals surface area contributed by atoms with E-state index in [1.807, 2.05) is 0 Å². The molecular weight excluding hydrogens is 430 g/mol. The average molecular weight is 444 g/mol. The highest BCUT2D eigenvalue weighted by molar-refractivity contribution is 7.99. The van der Waals surface area contributed by atoms with Crippen LogP contribution in [0.15, 0.2) is 53.7 Å². The zero-order chi connectivity index (χ0) is 21.1. The van der Waals surface area contributed by atoms with Crippen LogP contribution in [0.2, 0.25) is 0 Å². The van der Waals surface area contributed by atoms with E-state index in [2.05, 4.69) is 25.7 Å². The first-order valence-electron chi connectivity index (χ1n) is 8.67. The van der Waals surface area contributed by atoms with Crippen LogP contribution in [-0.2, 0) is 11.8 Å². The lowest BCUT2D eigenvalue weighted by Gasteiger charge is -2.04. The Bertz CT molecular complexity index is 1170. The summed E-state index contributed by atoms with van der Waals surface area (Å²) in [7, 11) is 1.78. The maximum Gasteiger partial charge on any atom is 0.236 e. The van der Waals surface area contributed by atoms with Gasteiger partial charge in [0.1, 0.15) is 16.6 Å². The van der Waals surface area contributed by atoms with Crippen molar-refractivity contribution in [2.24, 2.45) is 7.05 Å². The van der Waals surface area contributed by atoms with E-state index in [1.54, 1.807) is 35.9 Å². The molecule has 7 nitrogen and oxygen atoms in total. The fraction of sp³-hybridized carbons (Fsp3) is 0.105. The molecule has 0 unspecified atom stereocenters. The number of carbonyl (C=O) groups is 1. The maximum absolute atomic E-state index is 13.1. The molecule has 0 bridgehead atoms. The minimum Gasteiger partial charge on any atom is -0.305 e. The third kappa shape index (κ3) is 4.52. The number of nitrogens with zero attached hydrogens (tertiary/aromatic N) is 5. The summed E-state index contributed by atoms with van der Waals surface area (Å²) in [5.74, 6) is -0.258. The lowest BCUT2D eigenvalue weighted by Crippen LogP contribution is -2.14. The zero-order valence-electron chi connectivity index (χ0n) is 15.5. The number of carbonyl (C=O) groups excluding carboxylic acids is 1. The molecule has 0 atom stereocenters. The van der Waals surface area contributed by atoms with Gasteiger partial charge in [0, 0.05) is 18.2 Å². The van der Waals surface area contributed by atoms with Gasteiger partial charge in [0.05, 0.1) is 5.75 Å². The fourth-order valence-corrected chi connectivity index (χ4v) is 4.04. The Kier molecular flexibility index (Phi) is 5.81. The van der Waals surface area contributed by atoms with E-state index < -0.39 is 0 Å². The van der Waals surface area contributed by atoms with Gasteiger partial charge in [-0.05, 0) is 48.5 Å². The van der Waals surface area contributed by atoms with Gasteiger partial charge in [0.2, 0.25) is 11.0 Å². The number of hydrogen-bond acceptors (Lipinski definition) is 7. The van der Waals surface area contributed by atoms with E-state index in [9.17, 15) is 13.6 Å². The third-order valence-corrected chi connectivity index (χ3v) is 5.94. The van der Waals surface area contributed by atoms with Crippen molar-refractivity contribution >= 4 is 34.1 Å². The quantitative estimate of drug-likeness (QED) is 0.453. The van der Waals surface area contributed by atoms with Crippen molar-refractivity contribution in [1.82, 2.24) is 25.0 Å². The molecule has 152 valence electrons. The Morgan fingerprint density at radius 2 is 1.60 bits per heavy atom. The second-order valence-corrected chi connectivity index (χ2v) is 8.05. The lowest BCUT2D eigenvalue weighted by atomic mass is 10.2. The van der Waals surface area contributed by atoms with Gasteiger partial charge in [0.15, 0.2) is 11.0 Å². The molecule has 1 N–H and O–H groups in total. The number of amides is 1.